The molecule has 0 unspecified atom stereocenters. The van der Waals surface area contributed by atoms with E-state index in [4.69, 9.17) is 0 Å². The summed E-state index contributed by atoms with van der Waals surface area (Å²) in [6, 6.07) is 55.7. The van der Waals surface area contributed by atoms with Crippen LogP contribution in [0.3, 0.4) is 0 Å². The van der Waals surface area contributed by atoms with Gasteiger partial charge >= 0.3 is 18.5 Å². The van der Waals surface area contributed by atoms with Crippen molar-refractivity contribution in [3.8, 4) is 5.75 Å². The van der Waals surface area contributed by atoms with Crippen molar-refractivity contribution in [2.75, 3.05) is 16.0 Å². The van der Waals surface area contributed by atoms with E-state index in [1.807, 2.05) is 107 Å². The maximum atomic E-state index is 13.6. The van der Waals surface area contributed by atoms with Gasteiger partial charge in [-0.1, -0.05) is 198 Å². The molecule has 2 atom stereocenters. The van der Waals surface area contributed by atoms with Crippen LogP contribution in [0.2, 0.25) is 0 Å². The second-order valence-corrected chi connectivity index (χ2v) is 20.7. The van der Waals surface area contributed by atoms with E-state index in [0.717, 1.165) is 40.5 Å². The number of rotatable bonds is 6. The van der Waals surface area contributed by atoms with Crippen LogP contribution in [0.4, 0.5) is 56.6 Å². The molecule has 16 heteroatoms. The molecule has 83 heavy (non-hydrogen) atoms. The van der Waals surface area contributed by atoms with E-state index in [9.17, 15) is 59.0 Å². The summed E-state index contributed by atoms with van der Waals surface area (Å²) in [6.45, 7) is 7.66. The van der Waals surface area contributed by atoms with Crippen molar-refractivity contribution in [2.24, 2.45) is 0 Å². The molecule has 0 aromatic heterocycles. The molecule has 0 bridgehead atoms. The highest BCUT2D eigenvalue weighted by Gasteiger charge is 2.55. The number of hydrogen-bond acceptors (Lipinski definition) is 4. The Hall–Kier alpha value is -9.44. The molecule has 420 valence electrons. The van der Waals surface area contributed by atoms with E-state index in [1.54, 1.807) is 72.8 Å². The molecule has 12 rings (SSSR count). The highest BCUT2D eigenvalue weighted by Crippen LogP contribution is 2.55. The van der Waals surface area contributed by atoms with E-state index < -0.39 is 69.2 Å². The number of nitrogens with one attached hydrogen (secondary N) is 3. The maximum Gasteiger partial charge on any atom is 0.418 e. The number of aromatic hydroxyl groups is 1. The summed E-state index contributed by atoms with van der Waals surface area (Å²) in [5.74, 6) is -1.52. The van der Waals surface area contributed by atoms with Crippen LogP contribution in [-0.2, 0) is 49.2 Å². The predicted molar refractivity (Wildman–Crippen MR) is 299 cm³/mol. The number of fused-ring (bicyclic) bond motifs is 3. The molecule has 9 aromatic rings. The number of hydrogen-bond donors (Lipinski definition) is 4. The highest BCUT2D eigenvalue weighted by molar-refractivity contribution is 6.14. The lowest BCUT2D eigenvalue weighted by Gasteiger charge is -2.29. The number of aryl methyl sites for hydroxylation is 4. The first-order valence-electron chi connectivity index (χ1n) is 26.0. The van der Waals surface area contributed by atoms with Crippen molar-refractivity contribution in [3.63, 3.8) is 0 Å². The minimum atomic E-state index is -4.60. The lowest BCUT2D eigenvalue weighted by molar-refractivity contribution is -0.137. The lowest BCUT2D eigenvalue weighted by Crippen LogP contribution is -2.37. The van der Waals surface area contributed by atoms with Crippen LogP contribution in [0.5, 0.6) is 5.75 Å². The number of anilines is 3. The Kier molecular flexibility index (Phi) is 14.5. The lowest BCUT2D eigenvalue weighted by atomic mass is 9.70. The molecule has 3 aliphatic heterocycles. The molecule has 7 nitrogen and oxygen atoms in total. The molecule has 3 amide bonds. The Morgan fingerprint density at radius 3 is 0.771 bits per heavy atom. The molecule has 0 saturated heterocycles. The molecular formula is C67H50F9N3O4. The summed E-state index contributed by atoms with van der Waals surface area (Å²) >= 11 is 0. The SMILES string of the molecule is Cc1ccc(C2(c3ccc(C)cc3)C(=O)Nc3c(C(F)(F)F)cccc32)cc1.Cc1ccc([C@]2(c3ccc(O)cc3)C(=O)Nc3c(C(F)(F)F)cccc32)cc1.Cc1ccc([C@]2(c3ccccc3)C(=O)Nc3c(C(F)(F)F)cccc32)cc1. The van der Waals surface area contributed by atoms with Crippen molar-refractivity contribution < 1.29 is 59.0 Å². The summed E-state index contributed by atoms with van der Waals surface area (Å²) in [4.78, 5) is 39.8. The fourth-order valence-electron chi connectivity index (χ4n) is 11.5. The largest absolute Gasteiger partial charge is 0.508 e. The van der Waals surface area contributed by atoms with Crippen LogP contribution in [-0.4, -0.2) is 22.8 Å². The van der Waals surface area contributed by atoms with Gasteiger partial charge in [-0.3, -0.25) is 14.4 Å². The number of phenols is 1. The van der Waals surface area contributed by atoms with Gasteiger partial charge in [0.25, 0.3) is 0 Å². The summed E-state index contributed by atoms with van der Waals surface area (Å²) < 4.78 is 122. The number of phenolic OH excluding ortho intramolecular Hbond substituents is 1. The van der Waals surface area contributed by atoms with Gasteiger partial charge in [0.1, 0.15) is 22.0 Å². The third-order valence-electron chi connectivity index (χ3n) is 15.5. The fraction of sp³-hybridized carbons (Fsp3) is 0.149. The molecule has 4 N–H and O–H groups in total. The fourth-order valence-corrected chi connectivity index (χ4v) is 11.5. The number of halogens is 9. The second-order valence-electron chi connectivity index (χ2n) is 20.7. The van der Waals surface area contributed by atoms with E-state index in [-0.39, 0.29) is 28.4 Å². The van der Waals surface area contributed by atoms with Gasteiger partial charge in [-0.25, -0.2) is 0 Å². The van der Waals surface area contributed by atoms with E-state index in [0.29, 0.717) is 44.5 Å². The number of benzene rings is 9. The van der Waals surface area contributed by atoms with Gasteiger partial charge in [-0.05, 0) is 91.4 Å². The molecule has 9 aromatic carbocycles. The van der Waals surface area contributed by atoms with Crippen LogP contribution in [0.25, 0.3) is 0 Å². The first-order chi connectivity index (χ1) is 39.3. The van der Waals surface area contributed by atoms with Gasteiger partial charge in [0, 0.05) is 16.7 Å². The molecule has 0 spiro atoms. The minimum absolute atomic E-state index is 0.00507. The van der Waals surface area contributed by atoms with Crippen LogP contribution in [0.1, 0.15) is 89.0 Å². The van der Waals surface area contributed by atoms with Crippen molar-refractivity contribution in [2.45, 2.75) is 62.5 Å². The third-order valence-corrected chi connectivity index (χ3v) is 15.5. The topological polar surface area (TPSA) is 108 Å². The first-order valence-corrected chi connectivity index (χ1v) is 26.0. The van der Waals surface area contributed by atoms with Gasteiger partial charge < -0.3 is 21.1 Å². The van der Waals surface area contributed by atoms with Gasteiger partial charge in [0.2, 0.25) is 17.7 Å². The normalized spacial score (nSPS) is 17.6. The Morgan fingerprint density at radius 2 is 0.530 bits per heavy atom. The van der Waals surface area contributed by atoms with Crippen LogP contribution in [0.15, 0.2) is 206 Å². The maximum absolute atomic E-state index is 13.6. The summed E-state index contributed by atoms with van der Waals surface area (Å²) in [6.07, 6.45) is -13.7. The van der Waals surface area contributed by atoms with Crippen molar-refractivity contribution in [1.82, 2.24) is 0 Å². The third kappa shape index (κ3) is 9.74. The van der Waals surface area contributed by atoms with Gasteiger partial charge in [0.05, 0.1) is 33.8 Å². The van der Waals surface area contributed by atoms with Crippen molar-refractivity contribution in [3.05, 3.63) is 295 Å². The van der Waals surface area contributed by atoms with E-state index in [2.05, 4.69) is 16.0 Å². The van der Waals surface area contributed by atoms with E-state index >= 15 is 0 Å². The summed E-state index contributed by atoms with van der Waals surface area (Å²) in [7, 11) is 0. The zero-order valence-electron chi connectivity index (χ0n) is 44.7. The number of para-hydroxylation sites is 3. The summed E-state index contributed by atoms with van der Waals surface area (Å²) in [5.41, 5.74) is 1.20. The Bertz CT molecular complexity index is 3670. The average molecular weight is 1130 g/mol. The number of alkyl halides is 9. The van der Waals surface area contributed by atoms with Gasteiger partial charge in [0.15, 0.2) is 0 Å². The molecule has 3 heterocycles. The zero-order valence-corrected chi connectivity index (χ0v) is 44.7. The van der Waals surface area contributed by atoms with Crippen molar-refractivity contribution in [1.29, 1.82) is 0 Å². The zero-order chi connectivity index (χ0) is 59.4. The molecule has 0 saturated carbocycles. The number of amides is 3. The van der Waals surface area contributed by atoms with Crippen LogP contribution >= 0.6 is 0 Å². The smallest absolute Gasteiger partial charge is 0.418 e. The number of carbonyl (C=O) groups excluding carboxylic acids is 3. The average Bonchev–Trinajstić information content (AvgIpc) is 1.72. The Balaban J connectivity index is 0.000000139. The summed E-state index contributed by atoms with van der Waals surface area (Å²) in [5, 5.41) is 17.2. The molecular weight excluding hydrogens is 1080 g/mol. The van der Waals surface area contributed by atoms with Crippen LogP contribution in [0, 0.1) is 27.7 Å². The minimum Gasteiger partial charge on any atom is -0.508 e. The molecule has 0 radical (unpaired) electrons. The van der Waals surface area contributed by atoms with Gasteiger partial charge in [-0.15, -0.1) is 0 Å². The second kappa shape index (κ2) is 21.1. The van der Waals surface area contributed by atoms with Gasteiger partial charge in [-0.2, -0.15) is 39.5 Å². The Morgan fingerprint density at radius 1 is 0.301 bits per heavy atom. The first kappa shape index (κ1) is 56.8. The van der Waals surface area contributed by atoms with E-state index in [1.165, 1.54) is 36.4 Å². The Labute approximate surface area is 471 Å². The molecule has 3 aliphatic rings. The molecule has 0 aliphatic carbocycles. The highest BCUT2D eigenvalue weighted by atomic mass is 19.4. The monoisotopic (exact) mass is 1130 g/mol. The predicted octanol–water partition coefficient (Wildman–Crippen LogP) is 15.9. The quantitative estimate of drug-likeness (QED) is 0.124. The standard InChI is InChI=1S/C23H18F3NO.C22H16F3NO2.C22H16F3NO/c1-14-6-10-16(11-7-14)22(17-12-8-15(2)9-13-17)18-4-3-5-19(23(24,25)26)20(18)27-21(22)28;1-13-5-7-14(8-6-13)21(15-9-11-16(27)12-10-15)17-3-2-4-18(22(23,24)25)19(17)26-20(21)28;1-14-10-12-16(13-11-14)21(15-6-3-2-4-7-15)17-8-5-9-18(22(23,24)25)19(17)26-20(21)27/h3-13H,1-2H3,(H,27,28);2-12,27H,1H3,(H,26,28);2-13H,1H3,(H,26,27)/t;2*21-/m.10/s1. The number of carbonyl (C=O) groups is 3. The van der Waals surface area contributed by atoms with Crippen molar-refractivity contribution >= 4 is 34.8 Å². The molecule has 0 fully saturated rings. The van der Waals surface area contributed by atoms with Crippen LogP contribution < -0.4 is 16.0 Å².